The Morgan fingerprint density at radius 3 is 2.22 bits per heavy atom. The molecular formula is C26H28F6N8O. The van der Waals surface area contributed by atoms with Crippen molar-refractivity contribution in [1.29, 1.82) is 0 Å². The quantitative estimate of drug-likeness (QED) is 0.436. The van der Waals surface area contributed by atoms with E-state index in [1.165, 1.54) is 37.3 Å². The summed E-state index contributed by atoms with van der Waals surface area (Å²) < 4.78 is 87.3. The molecule has 3 aromatic heterocycles. The van der Waals surface area contributed by atoms with Gasteiger partial charge in [0.2, 0.25) is 5.95 Å². The van der Waals surface area contributed by atoms with Gasteiger partial charge in [-0.3, -0.25) is 0 Å². The highest BCUT2D eigenvalue weighted by atomic mass is 19.4. The van der Waals surface area contributed by atoms with Crippen molar-refractivity contribution >= 4 is 29.2 Å². The summed E-state index contributed by atoms with van der Waals surface area (Å²) in [4.78, 5) is 22.5. The minimum atomic E-state index is -4.59. The van der Waals surface area contributed by atoms with Crippen molar-refractivity contribution in [3.8, 4) is 0 Å². The van der Waals surface area contributed by atoms with Crippen molar-refractivity contribution in [2.45, 2.75) is 25.2 Å². The number of anilines is 5. The molecule has 1 saturated heterocycles. The highest BCUT2D eigenvalue weighted by Crippen LogP contribution is 2.38. The van der Waals surface area contributed by atoms with E-state index >= 15 is 0 Å². The molecule has 0 radical (unpaired) electrons. The molecule has 0 bridgehead atoms. The van der Waals surface area contributed by atoms with E-state index in [1.807, 2.05) is 4.90 Å². The van der Waals surface area contributed by atoms with Gasteiger partial charge in [0, 0.05) is 58.5 Å². The summed E-state index contributed by atoms with van der Waals surface area (Å²) in [5, 5.41) is 3.08. The number of halogens is 6. The van der Waals surface area contributed by atoms with Crippen LogP contribution in [0.5, 0.6) is 0 Å². The Balaban J connectivity index is 1.52. The molecule has 0 amide bonds. The Labute approximate surface area is 232 Å². The summed E-state index contributed by atoms with van der Waals surface area (Å²) in [6.45, 7) is 2.46. The number of pyridine rings is 2. The van der Waals surface area contributed by atoms with Crippen molar-refractivity contribution in [2.75, 3.05) is 73.5 Å². The first-order chi connectivity index (χ1) is 19.4. The molecule has 0 aliphatic carbocycles. The van der Waals surface area contributed by atoms with Crippen LogP contribution in [0.15, 0.2) is 30.5 Å². The molecule has 0 spiro atoms. The average Bonchev–Trinajstić information content (AvgIpc) is 3.15. The van der Waals surface area contributed by atoms with E-state index in [-0.39, 0.29) is 37.0 Å². The van der Waals surface area contributed by atoms with E-state index in [0.29, 0.717) is 55.7 Å². The first-order valence-corrected chi connectivity index (χ1v) is 12.9. The maximum Gasteiger partial charge on any atom is 0.419 e. The van der Waals surface area contributed by atoms with Gasteiger partial charge in [-0.05, 0) is 30.7 Å². The molecule has 9 nitrogen and oxygen atoms in total. The van der Waals surface area contributed by atoms with Crippen LogP contribution < -0.4 is 20.0 Å². The van der Waals surface area contributed by atoms with Gasteiger partial charge in [0.25, 0.3) is 0 Å². The minimum Gasteiger partial charge on any atom is -0.378 e. The zero-order chi connectivity index (χ0) is 29.4. The first kappa shape index (κ1) is 28.6. The van der Waals surface area contributed by atoms with Gasteiger partial charge in [-0.15, -0.1) is 0 Å². The minimum absolute atomic E-state index is 0.140. The van der Waals surface area contributed by atoms with Crippen molar-refractivity contribution in [3.63, 3.8) is 0 Å². The summed E-state index contributed by atoms with van der Waals surface area (Å²) in [7, 11) is 2.94. The standard InChI is InChI=1S/C26H28F6N8O/c1-38(2)23-18(26(30,31)32)5-6-20(36-23)35-21-16-7-10-39(22-17(25(27,28)29)4-3-9-33-22)11-8-19(16)34-24(37-21)40-12-14-41-15-13-40/h3-6,9H,7-8,10-15H2,1-2H3,(H,34,35,36,37). The number of morpholine rings is 1. The first-order valence-electron chi connectivity index (χ1n) is 12.9. The fourth-order valence-corrected chi connectivity index (χ4v) is 4.88. The lowest BCUT2D eigenvalue weighted by Crippen LogP contribution is -2.37. The number of alkyl halides is 6. The Morgan fingerprint density at radius 1 is 0.829 bits per heavy atom. The second-order valence-electron chi connectivity index (χ2n) is 9.84. The summed E-state index contributed by atoms with van der Waals surface area (Å²) in [5.74, 6) is 0.449. The van der Waals surface area contributed by atoms with E-state index in [1.54, 1.807) is 4.90 Å². The van der Waals surface area contributed by atoms with Crippen LogP contribution in [-0.2, 0) is 29.9 Å². The van der Waals surface area contributed by atoms with Crippen LogP contribution in [-0.4, -0.2) is 73.4 Å². The Morgan fingerprint density at radius 2 is 1.54 bits per heavy atom. The number of hydrogen-bond acceptors (Lipinski definition) is 9. The lowest BCUT2D eigenvalue weighted by Gasteiger charge is -2.28. The monoisotopic (exact) mass is 582 g/mol. The lowest BCUT2D eigenvalue weighted by atomic mass is 10.1. The molecule has 1 N–H and O–H groups in total. The summed E-state index contributed by atoms with van der Waals surface area (Å²) >= 11 is 0. The fraction of sp³-hybridized carbons (Fsp3) is 0.462. The SMILES string of the molecule is CN(C)c1nc(Nc2nc(N3CCOCC3)nc3c2CCN(c2ncccc2C(F)(F)F)CC3)ccc1C(F)(F)F. The van der Waals surface area contributed by atoms with Gasteiger partial charge < -0.3 is 24.8 Å². The largest absolute Gasteiger partial charge is 0.419 e. The molecule has 3 aromatic rings. The van der Waals surface area contributed by atoms with Gasteiger partial charge in [-0.2, -0.15) is 31.3 Å². The molecule has 2 aliphatic rings. The van der Waals surface area contributed by atoms with Crippen LogP contribution in [0, 0.1) is 0 Å². The highest BCUT2D eigenvalue weighted by molar-refractivity contribution is 5.63. The Kier molecular flexibility index (Phi) is 7.81. The number of ether oxygens (including phenoxy) is 1. The van der Waals surface area contributed by atoms with Gasteiger partial charge >= 0.3 is 12.4 Å². The van der Waals surface area contributed by atoms with Crippen LogP contribution in [0.3, 0.4) is 0 Å². The van der Waals surface area contributed by atoms with Gasteiger partial charge in [0.1, 0.15) is 23.3 Å². The van der Waals surface area contributed by atoms with Crippen LogP contribution in [0.1, 0.15) is 22.4 Å². The smallest absolute Gasteiger partial charge is 0.378 e. The van der Waals surface area contributed by atoms with Crippen molar-refractivity contribution in [3.05, 3.63) is 52.8 Å². The molecule has 15 heteroatoms. The fourth-order valence-electron chi connectivity index (χ4n) is 4.88. The van der Waals surface area contributed by atoms with Gasteiger partial charge in [0.15, 0.2) is 0 Å². The van der Waals surface area contributed by atoms with E-state index in [9.17, 15) is 26.3 Å². The zero-order valence-corrected chi connectivity index (χ0v) is 22.4. The van der Waals surface area contributed by atoms with Crippen molar-refractivity contribution in [2.24, 2.45) is 0 Å². The molecular weight excluding hydrogens is 554 g/mol. The normalized spacial score (nSPS) is 16.3. The maximum atomic E-state index is 13.7. The number of nitrogens with zero attached hydrogens (tertiary/aromatic N) is 7. The lowest BCUT2D eigenvalue weighted by molar-refractivity contribution is -0.138. The molecule has 41 heavy (non-hydrogen) atoms. The molecule has 5 rings (SSSR count). The molecule has 0 saturated carbocycles. The van der Waals surface area contributed by atoms with Crippen molar-refractivity contribution < 1.29 is 31.1 Å². The van der Waals surface area contributed by atoms with E-state index in [2.05, 4.69) is 15.3 Å². The second-order valence-corrected chi connectivity index (χ2v) is 9.84. The molecule has 1 fully saturated rings. The highest BCUT2D eigenvalue weighted by Gasteiger charge is 2.37. The third-order valence-electron chi connectivity index (χ3n) is 6.87. The molecule has 0 unspecified atom stereocenters. The van der Waals surface area contributed by atoms with E-state index in [0.717, 1.165) is 12.1 Å². The molecule has 220 valence electrons. The predicted molar refractivity (Wildman–Crippen MR) is 141 cm³/mol. The summed E-state index contributed by atoms with van der Waals surface area (Å²) in [5.41, 5.74) is -0.414. The Hall–Kier alpha value is -3.88. The average molecular weight is 583 g/mol. The number of rotatable bonds is 5. The summed E-state index contributed by atoms with van der Waals surface area (Å²) in [6.07, 6.45) is -7.26. The molecule has 2 aliphatic heterocycles. The Bertz CT molecular complexity index is 1390. The molecule has 0 aromatic carbocycles. The molecule has 5 heterocycles. The van der Waals surface area contributed by atoms with Gasteiger partial charge in [0.05, 0.1) is 30.0 Å². The van der Waals surface area contributed by atoms with Gasteiger partial charge in [-0.25, -0.2) is 15.0 Å². The van der Waals surface area contributed by atoms with Crippen LogP contribution in [0.4, 0.5) is 55.6 Å². The van der Waals surface area contributed by atoms with E-state index in [4.69, 9.17) is 14.7 Å². The van der Waals surface area contributed by atoms with Crippen LogP contribution in [0.2, 0.25) is 0 Å². The zero-order valence-electron chi connectivity index (χ0n) is 22.4. The number of hydrogen-bond donors (Lipinski definition) is 1. The summed E-state index contributed by atoms with van der Waals surface area (Å²) in [6, 6.07) is 4.43. The predicted octanol–water partition coefficient (Wildman–Crippen LogP) is 4.56. The number of aromatic nitrogens is 4. The number of nitrogens with one attached hydrogen (secondary N) is 1. The second kappa shape index (κ2) is 11.2. The third-order valence-corrected chi connectivity index (χ3v) is 6.87. The third kappa shape index (κ3) is 6.24. The van der Waals surface area contributed by atoms with Crippen LogP contribution in [0.25, 0.3) is 0 Å². The van der Waals surface area contributed by atoms with Crippen LogP contribution >= 0.6 is 0 Å². The molecule has 0 atom stereocenters. The van der Waals surface area contributed by atoms with Crippen molar-refractivity contribution in [1.82, 2.24) is 19.9 Å². The number of fused-ring (bicyclic) bond motifs is 1. The topological polar surface area (TPSA) is 82.5 Å². The van der Waals surface area contributed by atoms with Gasteiger partial charge in [-0.1, -0.05) is 0 Å². The maximum absolute atomic E-state index is 13.7. The van der Waals surface area contributed by atoms with E-state index < -0.39 is 23.5 Å².